The van der Waals surface area contributed by atoms with Crippen molar-refractivity contribution in [1.29, 1.82) is 0 Å². The quantitative estimate of drug-likeness (QED) is 0.0355. The minimum atomic E-state index is -3.76. The number of anilines is 3. The molecule has 0 aliphatic carbocycles. The summed E-state index contributed by atoms with van der Waals surface area (Å²) in [6, 6.07) is 41.5. The van der Waals surface area contributed by atoms with Crippen molar-refractivity contribution in [3.63, 3.8) is 0 Å². The van der Waals surface area contributed by atoms with Crippen LogP contribution in [0.2, 0.25) is 0 Å². The highest BCUT2D eigenvalue weighted by atomic mass is 32.2. The van der Waals surface area contributed by atoms with Gasteiger partial charge < -0.3 is 44.3 Å². The monoisotopic (exact) mass is 1780 g/mol. The lowest BCUT2D eigenvalue weighted by Gasteiger charge is -2.33. The van der Waals surface area contributed by atoms with Gasteiger partial charge in [-0.25, -0.2) is 47.2 Å². The van der Waals surface area contributed by atoms with Crippen molar-refractivity contribution in [3.8, 4) is 97.0 Å². The van der Waals surface area contributed by atoms with Crippen LogP contribution >= 0.6 is 56.7 Å². The number of halogens is 2. The van der Waals surface area contributed by atoms with E-state index in [1.54, 1.807) is 89.2 Å². The maximum absolute atomic E-state index is 13.1. The summed E-state index contributed by atoms with van der Waals surface area (Å²) in [5, 5.41) is 43.9. The fourth-order valence-corrected chi connectivity index (χ4v) is 18.8. The van der Waals surface area contributed by atoms with Crippen molar-refractivity contribution < 1.29 is 60.7 Å². The van der Waals surface area contributed by atoms with E-state index in [4.69, 9.17) is 23.9 Å². The second-order valence-corrected chi connectivity index (χ2v) is 35.3. The number of aromatic hydroxyl groups is 2. The molecule has 11 heterocycles. The van der Waals surface area contributed by atoms with Crippen LogP contribution in [0.15, 0.2) is 196 Å². The number of thiazole rings is 5. The van der Waals surface area contributed by atoms with Crippen LogP contribution in [0.25, 0.3) is 62.5 Å². The number of carbonyl (C=O) groups is 3. The molecule has 5 aromatic carbocycles. The number of aromatic amines is 1. The number of ether oxygens (including phenoxy) is 4. The Morgan fingerprint density at radius 3 is 1.93 bits per heavy atom. The summed E-state index contributed by atoms with van der Waals surface area (Å²) >= 11 is 6.97. The summed E-state index contributed by atoms with van der Waals surface area (Å²) in [4.78, 5) is 76.1. The van der Waals surface area contributed by atoms with Crippen molar-refractivity contribution >= 4 is 99.6 Å². The number of nitrogens with one attached hydrogen (secondary N) is 3. The summed E-state index contributed by atoms with van der Waals surface area (Å²) in [5.74, 6) is 1.23. The second kappa shape index (κ2) is 43.0. The van der Waals surface area contributed by atoms with Crippen molar-refractivity contribution in [2.24, 2.45) is 5.92 Å². The zero-order valence-corrected chi connectivity index (χ0v) is 73.9. The number of hydrogen-bond donors (Lipinski definition) is 5. The standard InChI is InChI=1S/C22H25N5O2S.C19H26N2O3S2.C18H15N3O3S.C15H9F2N3OS.C15H18N2O2S/c1-14-10-17(15(2)27(14)22-23-13-24-26-22)18-12-30-21(25-18)7-5-6-16-8-9-19(28-3)20(11-16)29-4;1-5-14(3)21(15(4)6-2)18(22)13-26(23,24)19-20-17(12-25-19)16-10-8-7-9-11-16;22-17(10-12-4-5-15-16(9-12)24-8-7-23-15)21-18-20-14(11-25-18)13-3-1-2-6-19-13;16-10-5-9(6-11(17)7-10)14(21)20-15-19-13(8-22-15)12-3-1-2-4-18-12;1-10-3-2-6-17(8-10)15-16-13(9-20-15)12-5-4-11(18)7-14(12)19/h8-13H,5-7H2,1-4H3,(H,23,24,26);7-12,14-15H,5-6,13H2,1-4H3;1-6,9,11H,7-8,10H2,(H,20,21,22);1-8H,(H,19,20,21);4-5,7,9-10,18-19H,2-3,6,8H2,1H3. The number of piperidine rings is 1. The summed E-state index contributed by atoms with van der Waals surface area (Å²) in [7, 11) is -0.441. The number of sulfone groups is 1. The van der Waals surface area contributed by atoms with E-state index in [0.717, 1.165) is 153 Å². The Morgan fingerprint density at radius 1 is 0.642 bits per heavy atom. The molecule has 9 aromatic heterocycles. The molecule has 0 saturated carbocycles. The van der Waals surface area contributed by atoms with Gasteiger partial charge in [0, 0.05) is 110 Å². The lowest BCUT2D eigenvalue weighted by atomic mass is 10.0. The highest BCUT2D eigenvalue weighted by Crippen LogP contribution is 2.38. The van der Waals surface area contributed by atoms with E-state index in [2.05, 4.69) is 103 Å². The molecule has 123 heavy (non-hydrogen) atoms. The number of benzene rings is 5. The predicted octanol–water partition coefficient (Wildman–Crippen LogP) is 18.9. The number of phenolic OH excluding ortho intramolecular Hbond substituents is 2. The smallest absolute Gasteiger partial charge is 0.257 e. The number of methoxy groups -OCH3 is 2. The molecular weight excluding hydrogens is 1690 g/mol. The molecule has 26 nitrogen and oxygen atoms in total. The molecule has 0 spiro atoms. The first-order valence-electron chi connectivity index (χ1n) is 39.6. The minimum Gasteiger partial charge on any atom is -0.508 e. The van der Waals surface area contributed by atoms with Gasteiger partial charge in [0.15, 0.2) is 38.4 Å². The van der Waals surface area contributed by atoms with Gasteiger partial charge in [-0.1, -0.05) is 75.4 Å². The number of aryl methyl sites for hydroxylation is 3. The molecule has 2 aliphatic rings. The summed E-state index contributed by atoms with van der Waals surface area (Å²) in [6.45, 7) is 17.5. The third-order valence-corrected chi connectivity index (χ3v) is 26.1. The zero-order valence-electron chi connectivity index (χ0n) is 69.0. The van der Waals surface area contributed by atoms with Crippen LogP contribution in [0, 0.1) is 31.4 Å². The van der Waals surface area contributed by atoms with Crippen molar-refractivity contribution in [2.45, 2.75) is 116 Å². The Morgan fingerprint density at radius 2 is 1.28 bits per heavy atom. The number of aromatic nitrogens is 11. The molecular formula is C89H93F2N15O11S6. The van der Waals surface area contributed by atoms with Crippen LogP contribution in [0.5, 0.6) is 34.5 Å². The first kappa shape index (κ1) is 90.0. The molecule has 16 rings (SSSR count). The minimum absolute atomic E-state index is 0.00189. The van der Waals surface area contributed by atoms with Gasteiger partial charge in [0.05, 0.1) is 54.1 Å². The number of fused-ring (bicyclic) bond motifs is 1. The lowest BCUT2D eigenvalue weighted by molar-refractivity contribution is -0.132. The first-order chi connectivity index (χ1) is 59.4. The Hall–Kier alpha value is -12.2. The van der Waals surface area contributed by atoms with Gasteiger partial charge in [0.25, 0.3) is 5.91 Å². The maximum Gasteiger partial charge on any atom is 0.257 e. The number of nitrogens with zero attached hydrogens (tertiary/aromatic N) is 12. The first-order valence-corrected chi connectivity index (χ1v) is 45.7. The number of amides is 3. The molecule has 14 aromatic rings. The normalized spacial score (nSPS) is 13.2. The number of H-pyrrole nitrogens is 1. The molecule has 1 saturated heterocycles. The predicted molar refractivity (Wildman–Crippen MR) is 480 cm³/mol. The third kappa shape index (κ3) is 24.4. The van der Waals surface area contributed by atoms with Gasteiger partial charge in [0.2, 0.25) is 31.9 Å². The van der Waals surface area contributed by atoms with Crippen molar-refractivity contribution in [2.75, 3.05) is 61.8 Å². The van der Waals surface area contributed by atoms with Gasteiger partial charge in [-0.2, -0.15) is 10.1 Å². The Bertz CT molecular complexity index is 5920. The molecule has 3 unspecified atom stereocenters. The SMILES string of the molecule is CC1CCCN(c2nc(-c3ccc(O)cc3O)cs2)C1.CCC(C)N(C(=O)CS(=O)(=O)c1nc(-c2ccccc2)cs1)C(C)CC.COc1ccc(CCCc2nc(-c3cc(C)n(-c4ncn[nH]4)c3C)cs2)cc1OC.O=C(Cc1ccc2c(c1)OCCO2)Nc1nc(-c2ccccn2)cs1.O=C(Nc1nc(-c2ccccn2)cs1)c1cc(F)cc(F)c1. The summed E-state index contributed by atoms with van der Waals surface area (Å²) in [5.41, 5.74) is 12.1. The van der Waals surface area contributed by atoms with E-state index in [1.807, 2.05) is 123 Å². The van der Waals surface area contributed by atoms with Gasteiger partial charge in [-0.05, 0) is 169 Å². The molecule has 0 radical (unpaired) electrons. The largest absolute Gasteiger partial charge is 0.508 e. The number of phenols is 2. The molecule has 2 aliphatic heterocycles. The van der Waals surface area contributed by atoms with E-state index < -0.39 is 33.1 Å². The second-order valence-electron chi connectivity index (χ2n) is 28.8. The Balaban J connectivity index is 0.000000141. The molecule has 5 N–H and O–H groups in total. The molecule has 3 amide bonds. The van der Waals surface area contributed by atoms with Crippen molar-refractivity contribution in [3.05, 3.63) is 236 Å². The van der Waals surface area contributed by atoms with Gasteiger partial charge >= 0.3 is 0 Å². The van der Waals surface area contributed by atoms with Crippen LogP contribution in [0.4, 0.5) is 24.2 Å². The Labute approximate surface area is 731 Å². The fraction of sp³-hybridized carbons (Fsp3) is 0.281. The molecule has 3 atom stereocenters. The average molecular weight is 1780 g/mol. The number of carbonyl (C=O) groups excluding carboxylic acids is 3. The fourth-order valence-electron chi connectivity index (χ4n) is 13.4. The average Bonchev–Trinajstić information content (AvgIpc) is 1.66. The summed E-state index contributed by atoms with van der Waals surface area (Å²) in [6.07, 6.45) is 12.1. The van der Waals surface area contributed by atoms with Crippen LogP contribution in [-0.4, -0.2) is 154 Å². The number of pyridine rings is 2. The lowest BCUT2D eigenvalue weighted by Crippen LogP contribution is -2.46. The van der Waals surface area contributed by atoms with Gasteiger partial charge in [-0.3, -0.25) is 34.2 Å². The summed E-state index contributed by atoms with van der Waals surface area (Å²) < 4.78 is 75.4. The van der Waals surface area contributed by atoms with Gasteiger partial charge in [0.1, 0.15) is 59.8 Å². The third-order valence-electron chi connectivity index (χ3n) is 19.8. The highest BCUT2D eigenvalue weighted by molar-refractivity contribution is 7.94. The van der Waals surface area contributed by atoms with Crippen LogP contribution in [0.3, 0.4) is 0 Å². The van der Waals surface area contributed by atoms with Gasteiger partial charge in [-0.15, -0.1) is 56.7 Å². The Kier molecular flexibility index (Phi) is 31.5. The molecule has 1 fully saturated rings. The highest BCUT2D eigenvalue weighted by Gasteiger charge is 2.31. The zero-order chi connectivity index (χ0) is 87.1. The van der Waals surface area contributed by atoms with Crippen LogP contribution in [-0.2, 0) is 38.7 Å². The van der Waals surface area contributed by atoms with E-state index in [0.29, 0.717) is 63.9 Å². The van der Waals surface area contributed by atoms with E-state index in [9.17, 15) is 41.8 Å². The van der Waals surface area contributed by atoms with Crippen LogP contribution in [0.1, 0.15) is 105 Å². The number of rotatable bonds is 25. The van der Waals surface area contributed by atoms with E-state index in [1.165, 1.54) is 53.5 Å². The van der Waals surface area contributed by atoms with Crippen LogP contribution < -0.4 is 34.5 Å². The topological polar surface area (TPSA) is 330 Å². The molecule has 640 valence electrons. The molecule has 34 heteroatoms. The maximum atomic E-state index is 13.1. The van der Waals surface area contributed by atoms with E-state index in [-0.39, 0.29) is 51.7 Å². The van der Waals surface area contributed by atoms with E-state index >= 15 is 0 Å². The van der Waals surface area contributed by atoms with Crippen molar-refractivity contribution in [1.82, 2.24) is 59.5 Å². The molecule has 0 bridgehead atoms. The number of hydrogen-bond acceptors (Lipinski definition) is 26.